The number of carbonyl (C=O) groups is 1. The molecule has 0 aliphatic carbocycles. The number of rotatable bonds is 25. The van der Waals surface area contributed by atoms with E-state index in [2.05, 4.69) is 73.0 Å². The third kappa shape index (κ3) is 26.8. The number of likely N-dealkylation sites (N-methyl/N-ethyl adjacent to an activating group) is 1. The molecule has 0 aromatic heterocycles. The van der Waals surface area contributed by atoms with Gasteiger partial charge in [-0.3, -0.25) is 9.36 Å². The number of nitrogens with one attached hydrogen (secondary N) is 1. The van der Waals surface area contributed by atoms with Crippen molar-refractivity contribution in [2.24, 2.45) is 0 Å². The summed E-state index contributed by atoms with van der Waals surface area (Å²) in [4.78, 5) is 24.7. The molecular weight excluding hydrogens is 551 g/mol. The third-order valence-electron chi connectivity index (χ3n) is 5.90. The minimum absolute atomic E-state index is 0.0178. The molecule has 3 unspecified atom stereocenters. The van der Waals surface area contributed by atoms with E-state index >= 15 is 0 Å². The van der Waals surface area contributed by atoms with Crippen molar-refractivity contribution in [2.45, 2.75) is 90.2 Å². The van der Waals surface area contributed by atoms with Gasteiger partial charge in [0.1, 0.15) is 13.2 Å². The van der Waals surface area contributed by atoms with E-state index in [1.54, 1.807) is 12.2 Å². The highest BCUT2D eigenvalue weighted by Gasteiger charge is 2.23. The van der Waals surface area contributed by atoms with Crippen LogP contribution in [0.25, 0.3) is 0 Å². The highest BCUT2D eigenvalue weighted by molar-refractivity contribution is 7.45. The van der Waals surface area contributed by atoms with E-state index in [1.165, 1.54) is 0 Å². The van der Waals surface area contributed by atoms with Crippen LogP contribution in [0.2, 0.25) is 0 Å². The average molecular weight is 609 g/mol. The first kappa shape index (κ1) is 39.9. The first-order chi connectivity index (χ1) is 20.0. The second kappa shape index (κ2) is 25.4. The molecule has 0 aliphatic rings. The Morgan fingerprint density at radius 3 is 1.93 bits per heavy atom. The lowest BCUT2D eigenvalue weighted by atomic mass is 10.1. The maximum absolute atomic E-state index is 12.5. The van der Waals surface area contributed by atoms with Crippen molar-refractivity contribution in [3.8, 4) is 0 Å². The summed E-state index contributed by atoms with van der Waals surface area (Å²) in [6.07, 6.45) is 31.8. The van der Waals surface area contributed by atoms with Gasteiger partial charge in [-0.05, 0) is 51.4 Å². The van der Waals surface area contributed by atoms with E-state index < -0.39 is 26.6 Å². The van der Waals surface area contributed by atoms with Gasteiger partial charge in [-0.2, -0.15) is 0 Å². The predicted octanol–water partition coefficient (Wildman–Crippen LogP) is 6.32. The van der Waals surface area contributed by atoms with Gasteiger partial charge in [0.05, 0.1) is 39.9 Å². The van der Waals surface area contributed by atoms with Crippen LogP contribution in [0.5, 0.6) is 0 Å². The van der Waals surface area contributed by atoms with Gasteiger partial charge >= 0.3 is 0 Å². The van der Waals surface area contributed by atoms with Crippen molar-refractivity contribution in [3.05, 3.63) is 72.9 Å². The van der Waals surface area contributed by atoms with Crippen LogP contribution in [0.3, 0.4) is 0 Å². The number of quaternary nitrogens is 1. The molecule has 0 radical (unpaired) electrons. The standard InChI is InChI=1S/C33H57N2O6P/c1-6-8-10-11-12-13-14-15-16-17-18-19-20-21-22-23-25-27-33(37)34-31(32(36)26-24-9-7-2)30-41-42(38,39)40-29-28-35(3,4)5/h8,10,12-13,15-16,18-19,21-22,24,26,31-32,36H,6-7,9,11,14,17,20,23,25,27-30H2,1-5H3,(H-,34,37,38,39)/b10-8-,13-12-,16-15-,19-18-,22-21-,26-24+. The molecule has 0 saturated heterocycles. The van der Waals surface area contributed by atoms with E-state index in [4.69, 9.17) is 9.05 Å². The molecule has 0 aliphatic heterocycles. The quantitative estimate of drug-likeness (QED) is 0.0544. The highest BCUT2D eigenvalue weighted by atomic mass is 31.2. The first-order valence-corrected chi connectivity index (χ1v) is 16.8. The number of allylic oxidation sites excluding steroid dienone is 11. The number of phosphoric ester groups is 1. The van der Waals surface area contributed by atoms with Crippen molar-refractivity contribution in [1.29, 1.82) is 0 Å². The molecule has 0 spiro atoms. The number of hydrogen-bond donors (Lipinski definition) is 2. The molecule has 3 atom stereocenters. The fourth-order valence-corrected chi connectivity index (χ4v) is 4.15. The smallest absolute Gasteiger partial charge is 0.268 e. The molecule has 8 nitrogen and oxygen atoms in total. The minimum Gasteiger partial charge on any atom is -0.756 e. The molecule has 0 bridgehead atoms. The zero-order valence-corrected chi connectivity index (χ0v) is 27.6. The van der Waals surface area contributed by atoms with Crippen LogP contribution >= 0.6 is 7.82 Å². The summed E-state index contributed by atoms with van der Waals surface area (Å²) in [6.45, 7) is 4.20. The number of aliphatic hydroxyl groups is 1. The van der Waals surface area contributed by atoms with Gasteiger partial charge in [0.2, 0.25) is 5.91 Å². The largest absolute Gasteiger partial charge is 0.756 e. The van der Waals surface area contributed by atoms with Crippen LogP contribution in [0.1, 0.15) is 78.1 Å². The minimum atomic E-state index is -4.57. The monoisotopic (exact) mass is 608 g/mol. The molecule has 0 heterocycles. The lowest BCUT2D eigenvalue weighted by molar-refractivity contribution is -0.870. The summed E-state index contributed by atoms with van der Waals surface area (Å²) in [7, 11) is 1.20. The Labute approximate surface area is 255 Å². The van der Waals surface area contributed by atoms with E-state index in [9.17, 15) is 19.4 Å². The van der Waals surface area contributed by atoms with Gasteiger partial charge in [-0.15, -0.1) is 0 Å². The molecule has 2 N–H and O–H groups in total. The predicted molar refractivity (Wildman–Crippen MR) is 173 cm³/mol. The highest BCUT2D eigenvalue weighted by Crippen LogP contribution is 2.38. The van der Waals surface area contributed by atoms with Crippen LogP contribution < -0.4 is 10.2 Å². The normalized spacial score (nSPS) is 16.1. The van der Waals surface area contributed by atoms with Crippen molar-refractivity contribution in [2.75, 3.05) is 40.9 Å². The number of amides is 1. The van der Waals surface area contributed by atoms with E-state index in [-0.39, 0.29) is 18.9 Å². The Morgan fingerprint density at radius 2 is 1.40 bits per heavy atom. The fraction of sp³-hybridized carbons (Fsp3) is 0.606. The Hall–Kier alpha value is -2.06. The second-order valence-electron chi connectivity index (χ2n) is 11.1. The number of phosphoric acid groups is 1. The molecule has 0 aromatic rings. The number of nitrogens with zero attached hydrogens (tertiary/aromatic N) is 1. The SMILES string of the molecule is CC/C=C\C/C=C\C/C=C\C/C=C\C/C=C\CCCC(=O)NC(COP(=O)([O-])OCC[N+](C)(C)C)C(O)/C=C/CCC. The summed E-state index contributed by atoms with van der Waals surface area (Å²) in [6, 6.07) is -0.913. The number of aliphatic hydroxyl groups excluding tert-OH is 1. The molecule has 1 amide bonds. The Bertz CT molecular complexity index is 918. The molecule has 240 valence electrons. The van der Waals surface area contributed by atoms with Crippen molar-refractivity contribution in [3.63, 3.8) is 0 Å². The van der Waals surface area contributed by atoms with Crippen molar-refractivity contribution in [1.82, 2.24) is 5.32 Å². The molecule has 0 fully saturated rings. The summed E-state index contributed by atoms with van der Waals surface area (Å²) < 4.78 is 22.7. The molecule has 9 heteroatoms. The Morgan fingerprint density at radius 1 is 0.857 bits per heavy atom. The second-order valence-corrected chi connectivity index (χ2v) is 12.5. The number of unbranched alkanes of at least 4 members (excludes halogenated alkanes) is 2. The van der Waals surface area contributed by atoms with E-state index in [0.29, 0.717) is 17.4 Å². The lowest BCUT2D eigenvalue weighted by Gasteiger charge is -2.29. The fourth-order valence-electron chi connectivity index (χ4n) is 3.43. The summed E-state index contributed by atoms with van der Waals surface area (Å²) in [5.41, 5.74) is 0. The molecule has 0 saturated carbocycles. The van der Waals surface area contributed by atoms with Gasteiger partial charge < -0.3 is 28.8 Å². The number of hydrogen-bond acceptors (Lipinski definition) is 6. The third-order valence-corrected chi connectivity index (χ3v) is 6.87. The summed E-state index contributed by atoms with van der Waals surface area (Å²) in [5, 5.41) is 13.3. The van der Waals surface area contributed by atoms with E-state index in [1.807, 2.05) is 28.1 Å². The average Bonchev–Trinajstić information content (AvgIpc) is 2.92. The van der Waals surface area contributed by atoms with Gasteiger partial charge in [0.25, 0.3) is 7.82 Å². The van der Waals surface area contributed by atoms with Gasteiger partial charge in [0.15, 0.2) is 0 Å². The van der Waals surface area contributed by atoms with Crippen LogP contribution in [-0.4, -0.2) is 68.5 Å². The first-order valence-electron chi connectivity index (χ1n) is 15.3. The zero-order chi connectivity index (χ0) is 31.5. The Kier molecular flexibility index (Phi) is 24.2. The summed E-state index contributed by atoms with van der Waals surface area (Å²) in [5.74, 6) is -0.273. The molecule has 0 rings (SSSR count). The maximum atomic E-state index is 12.5. The van der Waals surface area contributed by atoms with Gasteiger partial charge in [0, 0.05) is 6.42 Å². The zero-order valence-electron chi connectivity index (χ0n) is 26.7. The lowest BCUT2D eigenvalue weighted by Crippen LogP contribution is -2.45. The van der Waals surface area contributed by atoms with Gasteiger partial charge in [-0.1, -0.05) is 93.2 Å². The maximum Gasteiger partial charge on any atom is 0.268 e. The topological polar surface area (TPSA) is 108 Å². The van der Waals surface area contributed by atoms with Crippen LogP contribution in [0, 0.1) is 0 Å². The number of carbonyl (C=O) groups excluding carboxylic acids is 1. The molecular formula is C33H57N2O6P. The van der Waals surface area contributed by atoms with Crippen LogP contribution in [0.4, 0.5) is 0 Å². The molecule has 42 heavy (non-hydrogen) atoms. The van der Waals surface area contributed by atoms with Crippen LogP contribution in [-0.2, 0) is 18.4 Å². The van der Waals surface area contributed by atoms with Crippen LogP contribution in [0.15, 0.2) is 72.9 Å². The van der Waals surface area contributed by atoms with E-state index in [0.717, 1.165) is 51.4 Å². The Balaban J connectivity index is 4.45. The van der Waals surface area contributed by atoms with Gasteiger partial charge in [-0.25, -0.2) is 0 Å². The van der Waals surface area contributed by atoms with Crippen molar-refractivity contribution >= 4 is 13.7 Å². The summed E-state index contributed by atoms with van der Waals surface area (Å²) >= 11 is 0. The molecule has 0 aromatic carbocycles. The van der Waals surface area contributed by atoms with Crippen molar-refractivity contribution < 1.29 is 32.9 Å².